The molecule has 0 heterocycles. The number of aliphatic carboxylic acids is 1. The molecule has 0 unspecified atom stereocenters. The standard InChI is InChI=1S/C14H19ClN2O4/c1-8-5-10(11(21-4)6-9(8)15)16-13(20)17-14(2,3)7-12(18)19/h5-6H,7H2,1-4H3,(H,18,19)(H2,16,17,20). The van der Waals surface area contributed by atoms with Gasteiger partial charge in [0.1, 0.15) is 5.75 Å². The van der Waals surface area contributed by atoms with Gasteiger partial charge in [0.2, 0.25) is 0 Å². The second-order valence-corrected chi connectivity index (χ2v) is 5.74. The van der Waals surface area contributed by atoms with Crippen molar-refractivity contribution in [2.24, 2.45) is 0 Å². The van der Waals surface area contributed by atoms with Gasteiger partial charge in [0.05, 0.1) is 19.2 Å². The fraction of sp³-hybridized carbons (Fsp3) is 0.429. The van der Waals surface area contributed by atoms with Crippen molar-refractivity contribution in [1.29, 1.82) is 0 Å². The number of hydrogen-bond acceptors (Lipinski definition) is 3. The quantitative estimate of drug-likeness (QED) is 0.779. The largest absolute Gasteiger partial charge is 0.495 e. The number of carbonyl (C=O) groups excluding carboxylic acids is 1. The minimum absolute atomic E-state index is 0.183. The first-order chi connectivity index (χ1) is 9.64. The van der Waals surface area contributed by atoms with Gasteiger partial charge in [-0.3, -0.25) is 4.79 Å². The number of nitrogens with one attached hydrogen (secondary N) is 2. The highest BCUT2D eigenvalue weighted by Gasteiger charge is 2.24. The number of amides is 2. The van der Waals surface area contributed by atoms with Crippen molar-refractivity contribution in [2.75, 3.05) is 12.4 Å². The molecule has 0 atom stereocenters. The summed E-state index contributed by atoms with van der Waals surface area (Å²) in [6.07, 6.45) is -0.183. The summed E-state index contributed by atoms with van der Waals surface area (Å²) in [5.41, 5.74) is 0.380. The minimum atomic E-state index is -0.986. The van der Waals surface area contributed by atoms with Gasteiger partial charge in [0, 0.05) is 16.6 Å². The first kappa shape index (κ1) is 17.1. The van der Waals surface area contributed by atoms with Crippen LogP contribution in [0.3, 0.4) is 0 Å². The summed E-state index contributed by atoms with van der Waals surface area (Å²) in [7, 11) is 1.47. The molecule has 0 radical (unpaired) electrons. The molecule has 1 rings (SSSR count). The second kappa shape index (κ2) is 6.67. The van der Waals surface area contributed by atoms with Gasteiger partial charge in [0.15, 0.2) is 0 Å². The van der Waals surface area contributed by atoms with Gasteiger partial charge >= 0.3 is 12.0 Å². The fourth-order valence-electron chi connectivity index (χ4n) is 1.81. The molecule has 0 spiro atoms. The summed E-state index contributed by atoms with van der Waals surface area (Å²) in [4.78, 5) is 22.7. The molecule has 0 saturated carbocycles. The summed E-state index contributed by atoms with van der Waals surface area (Å²) < 4.78 is 5.16. The predicted octanol–water partition coefficient (Wildman–Crippen LogP) is 3.03. The number of carboxylic acids is 1. The number of anilines is 1. The summed E-state index contributed by atoms with van der Waals surface area (Å²) in [5, 5.41) is 14.6. The first-order valence-electron chi connectivity index (χ1n) is 6.30. The average Bonchev–Trinajstić information content (AvgIpc) is 2.30. The Morgan fingerprint density at radius 2 is 2.00 bits per heavy atom. The number of carbonyl (C=O) groups is 2. The summed E-state index contributed by atoms with van der Waals surface area (Å²) in [6, 6.07) is 2.78. The van der Waals surface area contributed by atoms with Crippen molar-refractivity contribution in [2.45, 2.75) is 32.7 Å². The highest BCUT2D eigenvalue weighted by Crippen LogP contribution is 2.30. The van der Waals surface area contributed by atoms with Gasteiger partial charge in [-0.2, -0.15) is 0 Å². The third kappa shape index (κ3) is 5.15. The van der Waals surface area contributed by atoms with Crippen molar-refractivity contribution >= 4 is 29.3 Å². The lowest BCUT2D eigenvalue weighted by molar-refractivity contribution is -0.138. The molecule has 3 N–H and O–H groups in total. The van der Waals surface area contributed by atoms with Crippen molar-refractivity contribution in [3.8, 4) is 5.75 Å². The molecule has 6 nitrogen and oxygen atoms in total. The number of ether oxygens (including phenoxy) is 1. The smallest absolute Gasteiger partial charge is 0.319 e. The van der Waals surface area contributed by atoms with E-state index in [0.717, 1.165) is 5.56 Å². The van der Waals surface area contributed by atoms with E-state index >= 15 is 0 Å². The molecule has 7 heteroatoms. The van der Waals surface area contributed by atoms with Crippen LogP contribution in [-0.4, -0.2) is 29.8 Å². The molecule has 21 heavy (non-hydrogen) atoms. The number of methoxy groups -OCH3 is 1. The molecule has 0 aliphatic heterocycles. The molecule has 0 aliphatic carbocycles. The molecule has 0 saturated heterocycles. The second-order valence-electron chi connectivity index (χ2n) is 5.34. The monoisotopic (exact) mass is 314 g/mol. The van der Waals surface area contributed by atoms with Crippen LogP contribution in [-0.2, 0) is 4.79 Å². The number of benzene rings is 1. The van der Waals surface area contributed by atoms with Gasteiger partial charge in [-0.05, 0) is 32.4 Å². The van der Waals surface area contributed by atoms with Gasteiger partial charge in [-0.15, -0.1) is 0 Å². The van der Waals surface area contributed by atoms with Crippen molar-refractivity contribution < 1.29 is 19.4 Å². The summed E-state index contributed by atoms with van der Waals surface area (Å²) in [5.74, 6) is -0.558. The maximum absolute atomic E-state index is 12.0. The molecule has 0 bridgehead atoms. The van der Waals surface area contributed by atoms with Crippen molar-refractivity contribution in [1.82, 2.24) is 5.32 Å². The van der Waals surface area contributed by atoms with E-state index in [2.05, 4.69) is 10.6 Å². The van der Waals surface area contributed by atoms with Crippen LogP contribution in [0.25, 0.3) is 0 Å². The molecule has 116 valence electrons. The van der Waals surface area contributed by atoms with E-state index in [9.17, 15) is 9.59 Å². The molecule has 1 aromatic rings. The summed E-state index contributed by atoms with van der Waals surface area (Å²) in [6.45, 7) is 5.06. The fourth-order valence-corrected chi connectivity index (χ4v) is 1.97. The van der Waals surface area contributed by atoms with E-state index in [4.69, 9.17) is 21.4 Å². The van der Waals surface area contributed by atoms with E-state index in [1.54, 1.807) is 32.9 Å². The lowest BCUT2D eigenvalue weighted by Crippen LogP contribution is -2.46. The molecule has 1 aromatic carbocycles. The van der Waals surface area contributed by atoms with Crippen LogP contribution in [0, 0.1) is 6.92 Å². The Labute approximate surface area is 128 Å². The molecular weight excluding hydrogens is 296 g/mol. The highest BCUT2D eigenvalue weighted by molar-refractivity contribution is 6.31. The molecule has 2 amide bonds. The first-order valence-corrected chi connectivity index (χ1v) is 6.67. The Morgan fingerprint density at radius 3 is 2.52 bits per heavy atom. The average molecular weight is 315 g/mol. The van der Waals surface area contributed by atoms with E-state index in [0.29, 0.717) is 16.5 Å². The van der Waals surface area contributed by atoms with E-state index < -0.39 is 17.5 Å². The van der Waals surface area contributed by atoms with E-state index in [-0.39, 0.29) is 6.42 Å². The molecule has 0 fully saturated rings. The number of carboxylic acid groups (broad SMARTS) is 1. The zero-order valence-corrected chi connectivity index (χ0v) is 13.2. The number of urea groups is 1. The Bertz CT molecular complexity index is 558. The van der Waals surface area contributed by atoms with Gasteiger partial charge < -0.3 is 20.5 Å². The Hall–Kier alpha value is -1.95. The SMILES string of the molecule is COc1cc(Cl)c(C)cc1NC(=O)NC(C)(C)CC(=O)O. The summed E-state index contributed by atoms with van der Waals surface area (Å²) >= 11 is 5.99. The van der Waals surface area contributed by atoms with Crippen LogP contribution in [0.1, 0.15) is 25.8 Å². The molecule has 0 aliphatic rings. The predicted molar refractivity (Wildman–Crippen MR) is 81.2 cm³/mol. The lowest BCUT2D eigenvalue weighted by atomic mass is 10.0. The maximum atomic E-state index is 12.0. The Kier molecular flexibility index (Phi) is 5.43. The van der Waals surface area contributed by atoms with Crippen LogP contribution >= 0.6 is 11.6 Å². The Morgan fingerprint density at radius 1 is 1.38 bits per heavy atom. The van der Waals surface area contributed by atoms with Crippen LogP contribution < -0.4 is 15.4 Å². The van der Waals surface area contributed by atoms with Crippen molar-refractivity contribution in [3.63, 3.8) is 0 Å². The van der Waals surface area contributed by atoms with Gasteiger partial charge in [0.25, 0.3) is 0 Å². The maximum Gasteiger partial charge on any atom is 0.319 e. The topological polar surface area (TPSA) is 87.7 Å². The minimum Gasteiger partial charge on any atom is -0.495 e. The van der Waals surface area contributed by atoms with E-state index in [1.165, 1.54) is 7.11 Å². The van der Waals surface area contributed by atoms with Crippen LogP contribution in [0.15, 0.2) is 12.1 Å². The number of hydrogen-bond donors (Lipinski definition) is 3. The zero-order valence-electron chi connectivity index (χ0n) is 12.4. The molecular formula is C14H19ClN2O4. The Balaban J connectivity index is 2.84. The van der Waals surface area contributed by atoms with Crippen LogP contribution in [0.2, 0.25) is 5.02 Å². The van der Waals surface area contributed by atoms with Gasteiger partial charge in [-0.1, -0.05) is 11.6 Å². The van der Waals surface area contributed by atoms with Crippen molar-refractivity contribution in [3.05, 3.63) is 22.7 Å². The zero-order chi connectivity index (χ0) is 16.2. The third-order valence-electron chi connectivity index (χ3n) is 2.77. The third-order valence-corrected chi connectivity index (χ3v) is 3.18. The number of aryl methyl sites for hydroxylation is 1. The van der Waals surface area contributed by atoms with Crippen LogP contribution in [0.4, 0.5) is 10.5 Å². The van der Waals surface area contributed by atoms with Crippen LogP contribution in [0.5, 0.6) is 5.75 Å². The number of halogens is 1. The highest BCUT2D eigenvalue weighted by atomic mass is 35.5. The normalized spacial score (nSPS) is 10.9. The molecule has 0 aromatic heterocycles. The number of rotatable bonds is 5. The van der Waals surface area contributed by atoms with Gasteiger partial charge in [-0.25, -0.2) is 4.79 Å². The lowest BCUT2D eigenvalue weighted by Gasteiger charge is -2.24. The van der Waals surface area contributed by atoms with E-state index in [1.807, 2.05) is 0 Å².